The number of nitrogens with one attached hydrogen (secondary N) is 1. The molecule has 0 spiro atoms. The number of carbonyl (C=O) groups excluding carboxylic acids is 2. The van der Waals surface area contributed by atoms with E-state index < -0.39 is 11.5 Å². The molecule has 1 aromatic rings. The first kappa shape index (κ1) is 16.0. The summed E-state index contributed by atoms with van der Waals surface area (Å²) in [5.74, 6) is -1.44. The van der Waals surface area contributed by atoms with Gasteiger partial charge in [0.05, 0.1) is 0 Å². The minimum absolute atomic E-state index is 0.0987. The predicted molar refractivity (Wildman–Crippen MR) is 79.9 cm³/mol. The molecule has 0 aliphatic heterocycles. The number of hydrogen-bond donors (Lipinski definition) is 2. The molecule has 6 nitrogen and oxygen atoms in total. The average Bonchev–Trinajstić information content (AvgIpc) is 3.25. The first-order valence-electron chi connectivity index (χ1n) is 7.27. The summed E-state index contributed by atoms with van der Waals surface area (Å²) in [4.78, 5) is 36.1. The molecule has 0 heterocycles. The molecule has 2 rings (SSSR count). The quantitative estimate of drug-likeness (QED) is 0.791. The Hall–Kier alpha value is -2.37. The molecule has 1 saturated carbocycles. The van der Waals surface area contributed by atoms with Gasteiger partial charge < -0.3 is 15.3 Å². The topological polar surface area (TPSA) is 86.7 Å². The Bertz CT molecular complexity index is 567. The van der Waals surface area contributed by atoms with Gasteiger partial charge in [0.2, 0.25) is 11.8 Å². The van der Waals surface area contributed by atoms with Gasteiger partial charge in [-0.2, -0.15) is 0 Å². The van der Waals surface area contributed by atoms with E-state index in [-0.39, 0.29) is 24.8 Å². The lowest BCUT2D eigenvalue weighted by Crippen LogP contribution is -2.44. The van der Waals surface area contributed by atoms with Gasteiger partial charge in [0.25, 0.3) is 0 Å². The van der Waals surface area contributed by atoms with Crippen LogP contribution in [0, 0.1) is 0 Å². The largest absolute Gasteiger partial charge is 0.480 e. The lowest BCUT2D eigenvalue weighted by Gasteiger charge is -2.21. The van der Waals surface area contributed by atoms with E-state index in [1.54, 1.807) is 4.90 Å². The number of rotatable bonds is 7. The van der Waals surface area contributed by atoms with E-state index >= 15 is 0 Å². The van der Waals surface area contributed by atoms with Gasteiger partial charge in [-0.3, -0.25) is 9.59 Å². The van der Waals surface area contributed by atoms with Crippen LogP contribution in [0.5, 0.6) is 0 Å². The Kier molecular flexibility index (Phi) is 4.80. The highest BCUT2D eigenvalue weighted by molar-refractivity contribution is 5.89. The molecule has 1 fully saturated rings. The normalized spacial score (nSPS) is 15.0. The van der Waals surface area contributed by atoms with Crippen molar-refractivity contribution in [1.82, 2.24) is 10.2 Å². The first-order chi connectivity index (χ1) is 10.4. The lowest BCUT2D eigenvalue weighted by atomic mass is 10.2. The number of benzene rings is 1. The van der Waals surface area contributed by atoms with Crippen molar-refractivity contribution in [2.45, 2.75) is 38.3 Å². The van der Waals surface area contributed by atoms with Gasteiger partial charge in [0.15, 0.2) is 0 Å². The lowest BCUT2D eigenvalue weighted by molar-refractivity contribution is -0.143. The highest BCUT2D eigenvalue weighted by Crippen LogP contribution is 2.35. The van der Waals surface area contributed by atoms with Crippen LogP contribution in [0.25, 0.3) is 0 Å². The molecule has 1 aliphatic carbocycles. The van der Waals surface area contributed by atoms with Gasteiger partial charge in [-0.05, 0) is 18.4 Å². The molecule has 0 atom stereocenters. The molecule has 0 aromatic heterocycles. The summed E-state index contributed by atoms with van der Waals surface area (Å²) < 4.78 is 0. The Morgan fingerprint density at radius 3 is 2.36 bits per heavy atom. The zero-order valence-corrected chi connectivity index (χ0v) is 12.5. The fraction of sp³-hybridized carbons (Fsp3) is 0.438. The highest BCUT2D eigenvalue weighted by atomic mass is 16.4. The molecule has 2 amide bonds. The summed E-state index contributed by atoms with van der Waals surface area (Å²) in [6.45, 7) is 2.17. The van der Waals surface area contributed by atoms with E-state index in [0.717, 1.165) is 5.56 Å². The third-order valence-electron chi connectivity index (χ3n) is 3.81. The molecule has 6 heteroatoms. The number of carboxylic acid groups (broad SMARTS) is 1. The monoisotopic (exact) mass is 304 g/mol. The number of carboxylic acids is 1. The highest BCUT2D eigenvalue weighted by Gasteiger charge is 2.51. The van der Waals surface area contributed by atoms with Crippen LogP contribution in [0.1, 0.15) is 31.7 Å². The molecular weight excluding hydrogens is 284 g/mol. The summed E-state index contributed by atoms with van der Waals surface area (Å²) >= 11 is 0. The van der Waals surface area contributed by atoms with Crippen LogP contribution in [0.15, 0.2) is 30.3 Å². The SMILES string of the molecule is CC(=O)N(CCC(=O)NC1(C(=O)O)CC1)Cc1ccccc1. The van der Waals surface area contributed by atoms with Crippen molar-refractivity contribution in [2.24, 2.45) is 0 Å². The molecule has 0 saturated heterocycles. The number of carbonyl (C=O) groups is 3. The van der Waals surface area contributed by atoms with Crippen LogP contribution in [0.4, 0.5) is 0 Å². The average molecular weight is 304 g/mol. The molecular formula is C16H20N2O4. The number of aliphatic carboxylic acids is 1. The van der Waals surface area contributed by atoms with Crippen LogP contribution in [0.2, 0.25) is 0 Å². The first-order valence-corrected chi connectivity index (χ1v) is 7.27. The molecule has 1 aromatic carbocycles. The van der Waals surface area contributed by atoms with Gasteiger partial charge in [-0.25, -0.2) is 4.79 Å². The van der Waals surface area contributed by atoms with Crippen molar-refractivity contribution in [2.75, 3.05) is 6.54 Å². The van der Waals surface area contributed by atoms with Gasteiger partial charge >= 0.3 is 5.97 Å². The minimum atomic E-state index is -1.07. The van der Waals surface area contributed by atoms with Crippen LogP contribution < -0.4 is 5.32 Å². The second-order valence-corrected chi connectivity index (χ2v) is 5.61. The van der Waals surface area contributed by atoms with E-state index in [4.69, 9.17) is 5.11 Å². The van der Waals surface area contributed by atoms with Crippen LogP contribution >= 0.6 is 0 Å². The third-order valence-corrected chi connectivity index (χ3v) is 3.81. The summed E-state index contributed by atoms with van der Waals surface area (Å²) in [5.41, 5.74) is -0.0836. The van der Waals surface area contributed by atoms with Crippen molar-refractivity contribution in [3.8, 4) is 0 Å². The summed E-state index contributed by atoms with van der Waals surface area (Å²) in [6.07, 6.45) is 1.03. The Morgan fingerprint density at radius 2 is 1.86 bits per heavy atom. The van der Waals surface area contributed by atoms with E-state index in [1.165, 1.54) is 6.92 Å². The van der Waals surface area contributed by atoms with Gasteiger partial charge in [0, 0.05) is 26.4 Å². The van der Waals surface area contributed by atoms with E-state index in [0.29, 0.717) is 19.4 Å². The van der Waals surface area contributed by atoms with Gasteiger partial charge in [0.1, 0.15) is 5.54 Å². The summed E-state index contributed by atoms with van der Waals surface area (Å²) in [5, 5.41) is 11.6. The Balaban J connectivity index is 1.85. The molecule has 1 aliphatic rings. The predicted octanol–water partition coefficient (Wildman–Crippen LogP) is 1.16. The number of hydrogen-bond acceptors (Lipinski definition) is 3. The summed E-state index contributed by atoms with van der Waals surface area (Å²) in [6, 6.07) is 9.52. The van der Waals surface area contributed by atoms with Crippen LogP contribution in [0.3, 0.4) is 0 Å². The zero-order valence-electron chi connectivity index (χ0n) is 12.5. The smallest absolute Gasteiger partial charge is 0.329 e. The minimum Gasteiger partial charge on any atom is -0.480 e. The molecule has 0 radical (unpaired) electrons. The van der Waals surface area contributed by atoms with Crippen molar-refractivity contribution >= 4 is 17.8 Å². The van der Waals surface area contributed by atoms with Crippen molar-refractivity contribution in [3.05, 3.63) is 35.9 Å². The Morgan fingerprint density at radius 1 is 1.23 bits per heavy atom. The van der Waals surface area contributed by atoms with Crippen LogP contribution in [-0.4, -0.2) is 39.9 Å². The maximum atomic E-state index is 11.9. The number of amides is 2. The second-order valence-electron chi connectivity index (χ2n) is 5.61. The van der Waals surface area contributed by atoms with E-state index in [2.05, 4.69) is 5.32 Å². The van der Waals surface area contributed by atoms with Gasteiger partial charge in [-0.1, -0.05) is 30.3 Å². The molecule has 2 N–H and O–H groups in total. The maximum absolute atomic E-state index is 11.9. The molecule has 22 heavy (non-hydrogen) atoms. The molecule has 0 bridgehead atoms. The fourth-order valence-corrected chi connectivity index (χ4v) is 2.23. The second kappa shape index (κ2) is 6.60. The van der Waals surface area contributed by atoms with Crippen molar-refractivity contribution in [1.29, 1.82) is 0 Å². The van der Waals surface area contributed by atoms with Crippen molar-refractivity contribution < 1.29 is 19.5 Å². The Labute approximate surface area is 129 Å². The van der Waals surface area contributed by atoms with E-state index in [9.17, 15) is 14.4 Å². The zero-order chi connectivity index (χ0) is 16.2. The van der Waals surface area contributed by atoms with Crippen molar-refractivity contribution in [3.63, 3.8) is 0 Å². The standard InChI is InChI=1S/C16H20N2O4/c1-12(19)18(11-13-5-3-2-4-6-13)10-7-14(20)17-16(8-9-16)15(21)22/h2-6H,7-11H2,1H3,(H,17,20)(H,21,22). The third kappa shape index (κ3) is 4.07. The molecule has 118 valence electrons. The van der Waals surface area contributed by atoms with Crippen LogP contribution in [-0.2, 0) is 20.9 Å². The maximum Gasteiger partial charge on any atom is 0.329 e. The summed E-state index contributed by atoms with van der Waals surface area (Å²) in [7, 11) is 0. The van der Waals surface area contributed by atoms with E-state index in [1.807, 2.05) is 30.3 Å². The van der Waals surface area contributed by atoms with Gasteiger partial charge in [-0.15, -0.1) is 0 Å². The number of nitrogens with zero attached hydrogens (tertiary/aromatic N) is 1. The molecule has 0 unspecified atom stereocenters. The fourth-order valence-electron chi connectivity index (χ4n) is 2.23.